The lowest BCUT2D eigenvalue weighted by Crippen LogP contribution is -2.82. The quantitative estimate of drug-likeness (QED) is 0.644. The normalized spacial score (nSPS) is 15.2. The summed E-state index contributed by atoms with van der Waals surface area (Å²) in [6.07, 6.45) is -0.407. The van der Waals surface area contributed by atoms with Gasteiger partial charge in [-0.25, -0.2) is 20.2 Å². The lowest BCUT2D eigenvalue weighted by atomic mass is 10.1. The number of fused-ring (bicyclic) bond motifs is 1. The van der Waals surface area contributed by atoms with Gasteiger partial charge in [0.2, 0.25) is 0 Å². The van der Waals surface area contributed by atoms with Gasteiger partial charge in [0.25, 0.3) is 11.5 Å². The van der Waals surface area contributed by atoms with Gasteiger partial charge >= 0.3 is 5.96 Å². The van der Waals surface area contributed by atoms with Gasteiger partial charge in [-0.15, -0.1) is 0 Å². The Morgan fingerprint density at radius 2 is 1.93 bits per heavy atom. The lowest BCUT2D eigenvalue weighted by Gasteiger charge is -2.23. The second-order valence-electron chi connectivity index (χ2n) is 6.74. The van der Waals surface area contributed by atoms with E-state index in [1.54, 1.807) is 11.7 Å². The molecule has 0 fully saturated rings. The molecule has 142 valence electrons. The Balaban J connectivity index is 1.78. The van der Waals surface area contributed by atoms with Crippen LogP contribution in [0.15, 0.2) is 59.4 Å². The van der Waals surface area contributed by atoms with Crippen molar-refractivity contribution in [1.29, 1.82) is 0 Å². The van der Waals surface area contributed by atoms with Crippen LogP contribution in [0.4, 0.5) is 11.6 Å². The van der Waals surface area contributed by atoms with Crippen LogP contribution in [0.1, 0.15) is 23.0 Å². The number of guanidine groups is 1. The molecule has 7 nitrogen and oxygen atoms in total. The molecule has 1 atom stereocenters. The van der Waals surface area contributed by atoms with Crippen molar-refractivity contribution in [2.75, 3.05) is 17.7 Å². The predicted molar refractivity (Wildman–Crippen MR) is 109 cm³/mol. The Hall–Kier alpha value is -3.61. The molecule has 0 saturated heterocycles. The number of hydrogen-bond acceptors (Lipinski definition) is 5. The van der Waals surface area contributed by atoms with Gasteiger partial charge in [-0.05, 0) is 55.8 Å². The van der Waals surface area contributed by atoms with Crippen LogP contribution >= 0.6 is 0 Å². The van der Waals surface area contributed by atoms with E-state index in [4.69, 9.17) is 4.74 Å². The van der Waals surface area contributed by atoms with Crippen LogP contribution in [0.3, 0.4) is 0 Å². The summed E-state index contributed by atoms with van der Waals surface area (Å²) < 4.78 is 6.85. The maximum absolute atomic E-state index is 12.7. The largest absolute Gasteiger partial charge is 0.497 e. The fraction of sp³-hybridized carbons (Fsp3) is 0.190. The summed E-state index contributed by atoms with van der Waals surface area (Å²) in [6.45, 7) is 3.85. The molecule has 0 radical (unpaired) electrons. The first kappa shape index (κ1) is 17.8. The number of anilines is 2. The second kappa shape index (κ2) is 7.19. The molecule has 7 heteroatoms. The molecule has 2 aromatic carbocycles. The third-order valence-corrected chi connectivity index (χ3v) is 4.58. The van der Waals surface area contributed by atoms with E-state index in [1.165, 1.54) is 6.07 Å². The lowest BCUT2D eigenvalue weighted by molar-refractivity contribution is -0.520. The van der Waals surface area contributed by atoms with Crippen LogP contribution in [0, 0.1) is 13.8 Å². The highest BCUT2D eigenvalue weighted by molar-refractivity contribution is 5.99. The molecule has 1 aromatic heterocycles. The number of aryl methyl sites for hydroxylation is 2. The zero-order valence-corrected chi connectivity index (χ0v) is 16.0. The van der Waals surface area contributed by atoms with Crippen LogP contribution in [-0.2, 0) is 0 Å². The monoisotopic (exact) mass is 376 g/mol. The summed E-state index contributed by atoms with van der Waals surface area (Å²) in [4.78, 5) is 20.6. The summed E-state index contributed by atoms with van der Waals surface area (Å²) in [5.41, 5.74) is 3.54. The van der Waals surface area contributed by atoms with E-state index in [0.717, 1.165) is 22.6 Å². The van der Waals surface area contributed by atoms with Gasteiger partial charge < -0.3 is 4.74 Å². The van der Waals surface area contributed by atoms with E-state index >= 15 is 0 Å². The number of aromatic nitrogens is 2. The summed E-state index contributed by atoms with van der Waals surface area (Å²) in [7, 11) is 1.63. The Morgan fingerprint density at radius 1 is 1.14 bits per heavy atom. The summed E-state index contributed by atoms with van der Waals surface area (Å²) in [5.74, 6) is 1.90. The van der Waals surface area contributed by atoms with E-state index in [-0.39, 0.29) is 5.56 Å². The van der Waals surface area contributed by atoms with E-state index in [2.05, 4.69) is 20.6 Å². The van der Waals surface area contributed by atoms with Gasteiger partial charge in [-0.1, -0.05) is 12.1 Å². The zero-order valence-electron chi connectivity index (χ0n) is 16.0. The van der Waals surface area contributed by atoms with Crippen molar-refractivity contribution < 1.29 is 9.73 Å². The third-order valence-electron chi connectivity index (χ3n) is 4.58. The van der Waals surface area contributed by atoms with Crippen molar-refractivity contribution in [3.05, 3.63) is 81.8 Å². The smallest absolute Gasteiger partial charge is 0.357 e. The Bertz CT molecular complexity index is 1100. The molecular weight excluding hydrogens is 354 g/mol. The molecule has 0 unspecified atom stereocenters. The fourth-order valence-corrected chi connectivity index (χ4v) is 3.25. The minimum Gasteiger partial charge on any atom is -0.497 e. The molecule has 0 saturated carbocycles. The molecule has 0 spiro atoms. The minimum absolute atomic E-state index is 0.127. The number of nitrogens with zero attached hydrogens (tertiary/aromatic N) is 2. The molecule has 0 aliphatic carbocycles. The molecule has 0 bridgehead atoms. The summed E-state index contributed by atoms with van der Waals surface area (Å²) in [6, 6.07) is 17.2. The second-order valence-corrected chi connectivity index (χ2v) is 6.74. The number of hydrogen-bond donors (Lipinski definition) is 3. The van der Waals surface area contributed by atoms with E-state index in [0.29, 0.717) is 17.6 Å². The summed E-state index contributed by atoms with van der Waals surface area (Å²) in [5, 5.41) is 6.53. The van der Waals surface area contributed by atoms with E-state index in [1.807, 2.05) is 62.4 Å². The number of methoxy groups -OCH3 is 1. The maximum Gasteiger partial charge on any atom is 0.357 e. The SMILES string of the molecule is COc1ccc([C@H]2[NH+]=C(Nc3cccc(C)c3)Nc3nc(C)cc(=O)n32)cc1. The standard InChI is InChI=1S/C21H21N5O2/c1-13-5-4-6-16(11-13)23-20-24-19(15-7-9-17(28-3)10-8-15)26-18(27)12-14(2)22-21(26)25-20/h4-12,19H,1-3H3,(H2,22,23,24,25)/p+1/t19-/m0/s1. The Labute approximate surface area is 162 Å². The molecule has 0 amide bonds. The fourth-order valence-electron chi connectivity index (χ4n) is 3.25. The highest BCUT2D eigenvalue weighted by atomic mass is 16.5. The zero-order chi connectivity index (χ0) is 19.7. The first-order valence-electron chi connectivity index (χ1n) is 9.02. The molecule has 28 heavy (non-hydrogen) atoms. The van der Waals surface area contributed by atoms with Gasteiger partial charge in [0, 0.05) is 17.3 Å². The van der Waals surface area contributed by atoms with Gasteiger partial charge in [0.1, 0.15) is 5.75 Å². The Morgan fingerprint density at radius 3 is 2.64 bits per heavy atom. The topological polar surface area (TPSA) is 82.2 Å². The van der Waals surface area contributed by atoms with Crippen molar-refractivity contribution in [1.82, 2.24) is 9.55 Å². The molecular formula is C21H22N5O2+. The first-order valence-corrected chi connectivity index (χ1v) is 9.02. The molecule has 4 rings (SSSR count). The first-order chi connectivity index (χ1) is 13.5. The highest BCUT2D eigenvalue weighted by Crippen LogP contribution is 2.20. The Kier molecular flexibility index (Phi) is 4.57. The van der Waals surface area contributed by atoms with E-state index in [9.17, 15) is 4.79 Å². The summed E-state index contributed by atoms with van der Waals surface area (Å²) >= 11 is 0. The van der Waals surface area contributed by atoms with Gasteiger partial charge in [-0.2, -0.15) is 0 Å². The maximum atomic E-state index is 12.7. The van der Waals surface area contributed by atoms with Crippen LogP contribution in [0.25, 0.3) is 0 Å². The third kappa shape index (κ3) is 3.46. The molecule has 3 aromatic rings. The molecule has 1 aliphatic heterocycles. The van der Waals surface area contributed by atoms with Gasteiger partial charge in [0.05, 0.1) is 12.8 Å². The van der Waals surface area contributed by atoms with Crippen molar-refractivity contribution in [3.8, 4) is 5.75 Å². The van der Waals surface area contributed by atoms with Crippen LogP contribution in [0.5, 0.6) is 5.75 Å². The van der Waals surface area contributed by atoms with Gasteiger partial charge in [-0.3, -0.25) is 9.79 Å². The average Bonchev–Trinajstić information content (AvgIpc) is 2.67. The van der Waals surface area contributed by atoms with Crippen molar-refractivity contribution >= 4 is 17.6 Å². The average molecular weight is 376 g/mol. The van der Waals surface area contributed by atoms with E-state index < -0.39 is 6.17 Å². The number of benzene rings is 2. The van der Waals surface area contributed by atoms with Gasteiger partial charge in [0.15, 0.2) is 6.17 Å². The molecule has 1 aliphatic rings. The minimum atomic E-state index is -0.407. The number of rotatable bonds is 3. The number of ether oxygens (including phenoxy) is 1. The van der Waals surface area contributed by atoms with Crippen LogP contribution < -0.4 is 25.9 Å². The van der Waals surface area contributed by atoms with Crippen LogP contribution in [-0.4, -0.2) is 22.6 Å². The van der Waals surface area contributed by atoms with Crippen molar-refractivity contribution in [2.45, 2.75) is 20.0 Å². The van der Waals surface area contributed by atoms with Crippen molar-refractivity contribution in [2.24, 2.45) is 0 Å². The molecule has 3 N–H and O–H groups in total. The highest BCUT2D eigenvalue weighted by Gasteiger charge is 2.29. The van der Waals surface area contributed by atoms with Crippen molar-refractivity contribution in [3.63, 3.8) is 0 Å². The molecule has 2 heterocycles. The number of nitrogens with one attached hydrogen (secondary N) is 3. The predicted octanol–water partition coefficient (Wildman–Crippen LogP) is 1.39. The van der Waals surface area contributed by atoms with Crippen LogP contribution in [0.2, 0.25) is 0 Å².